The highest BCUT2D eigenvalue weighted by Gasteiger charge is 2.25. The van der Waals surface area contributed by atoms with Crippen molar-refractivity contribution in [1.82, 2.24) is 24.5 Å². The molecular formula is C21H18ClFN6O. The number of carbonyl (C=O) groups excluding carboxylic acids is 1. The fourth-order valence-electron chi connectivity index (χ4n) is 3.82. The number of amides is 1. The predicted octanol–water partition coefficient (Wildman–Crippen LogP) is 3.34. The highest BCUT2D eigenvalue weighted by molar-refractivity contribution is 6.31. The summed E-state index contributed by atoms with van der Waals surface area (Å²) in [4.78, 5) is 21.5. The Kier molecular flexibility index (Phi) is 4.51. The summed E-state index contributed by atoms with van der Waals surface area (Å²) in [7, 11) is 0. The highest BCUT2D eigenvalue weighted by Crippen LogP contribution is 2.27. The van der Waals surface area contributed by atoms with Crippen LogP contribution < -0.4 is 4.90 Å². The van der Waals surface area contributed by atoms with Crippen molar-refractivity contribution in [2.24, 2.45) is 0 Å². The first kappa shape index (κ1) is 18.7. The van der Waals surface area contributed by atoms with Gasteiger partial charge in [-0.2, -0.15) is 0 Å². The molecule has 7 nitrogen and oxygen atoms in total. The van der Waals surface area contributed by atoms with E-state index < -0.39 is 0 Å². The second-order valence-corrected chi connectivity index (χ2v) is 7.70. The largest absolute Gasteiger partial charge is 0.338 e. The molecule has 1 aliphatic rings. The second kappa shape index (κ2) is 7.21. The van der Waals surface area contributed by atoms with Crippen molar-refractivity contribution in [1.29, 1.82) is 0 Å². The number of halogens is 2. The number of piperazine rings is 1. The van der Waals surface area contributed by atoms with Crippen LogP contribution in [0.4, 0.5) is 10.3 Å². The molecule has 0 atom stereocenters. The zero-order valence-corrected chi connectivity index (χ0v) is 17.0. The Balaban J connectivity index is 1.45. The minimum Gasteiger partial charge on any atom is -0.338 e. The fourth-order valence-corrected chi connectivity index (χ4v) is 3.98. The summed E-state index contributed by atoms with van der Waals surface area (Å²) < 4.78 is 15.1. The van der Waals surface area contributed by atoms with Crippen LogP contribution in [0, 0.1) is 12.7 Å². The van der Waals surface area contributed by atoms with Crippen molar-refractivity contribution >= 4 is 40.0 Å². The van der Waals surface area contributed by atoms with Gasteiger partial charge in [-0.3, -0.25) is 4.79 Å². The van der Waals surface area contributed by atoms with Gasteiger partial charge >= 0.3 is 0 Å². The first-order valence-electron chi connectivity index (χ1n) is 9.62. The molecule has 0 unspecified atom stereocenters. The van der Waals surface area contributed by atoms with Crippen LogP contribution in [0.3, 0.4) is 0 Å². The number of hydrogen-bond donors (Lipinski definition) is 0. The lowest BCUT2D eigenvalue weighted by Gasteiger charge is -2.35. The number of benzene rings is 2. The first-order valence-corrected chi connectivity index (χ1v) is 10.00. The van der Waals surface area contributed by atoms with E-state index in [4.69, 9.17) is 16.6 Å². The highest BCUT2D eigenvalue weighted by atomic mass is 35.5. The Labute approximate surface area is 176 Å². The molecule has 1 aliphatic heterocycles. The third kappa shape index (κ3) is 3.13. The van der Waals surface area contributed by atoms with E-state index in [1.807, 2.05) is 29.5 Å². The number of nitrogens with zero attached hydrogens (tertiary/aromatic N) is 6. The maximum atomic E-state index is 13.1. The molecule has 0 saturated carbocycles. The number of anilines is 1. The standard InChI is InChI=1S/C21H18ClFN6O/c1-13-25-26-19-17-7-4-15(22)12-18(17)24-21(29(13)19)28-10-8-27(9-11-28)20(30)14-2-5-16(23)6-3-14/h2-7,12H,8-11H2,1H3. The van der Waals surface area contributed by atoms with Crippen LogP contribution in [0.1, 0.15) is 16.2 Å². The van der Waals surface area contributed by atoms with Crippen LogP contribution in [0.25, 0.3) is 16.6 Å². The van der Waals surface area contributed by atoms with E-state index in [1.165, 1.54) is 24.3 Å². The Morgan fingerprint density at radius 2 is 1.77 bits per heavy atom. The lowest BCUT2D eigenvalue weighted by molar-refractivity contribution is 0.0746. The molecule has 1 saturated heterocycles. The quantitative estimate of drug-likeness (QED) is 0.493. The van der Waals surface area contributed by atoms with Crippen molar-refractivity contribution in [3.63, 3.8) is 0 Å². The minimum absolute atomic E-state index is 0.0986. The normalized spacial score (nSPS) is 14.6. The van der Waals surface area contributed by atoms with E-state index >= 15 is 0 Å². The van der Waals surface area contributed by atoms with Gasteiger partial charge in [0, 0.05) is 42.2 Å². The van der Waals surface area contributed by atoms with E-state index in [9.17, 15) is 9.18 Å². The van der Waals surface area contributed by atoms with Gasteiger partial charge in [-0.15, -0.1) is 10.2 Å². The molecule has 0 spiro atoms. The Morgan fingerprint density at radius 3 is 2.50 bits per heavy atom. The average Bonchev–Trinajstić information content (AvgIpc) is 3.15. The topological polar surface area (TPSA) is 66.6 Å². The molecule has 2 aromatic carbocycles. The Bertz CT molecular complexity index is 1260. The lowest BCUT2D eigenvalue weighted by atomic mass is 10.2. The van der Waals surface area contributed by atoms with E-state index in [-0.39, 0.29) is 11.7 Å². The number of aromatic nitrogens is 4. The molecule has 30 heavy (non-hydrogen) atoms. The summed E-state index contributed by atoms with van der Waals surface area (Å²) in [5, 5.41) is 10.1. The number of aryl methyl sites for hydroxylation is 1. The van der Waals surface area contributed by atoms with Gasteiger partial charge in [0.05, 0.1) is 5.52 Å². The summed E-state index contributed by atoms with van der Waals surface area (Å²) in [6.07, 6.45) is 0. The van der Waals surface area contributed by atoms with Gasteiger partial charge in [-0.05, 0) is 49.4 Å². The summed E-state index contributed by atoms with van der Waals surface area (Å²) in [5.41, 5.74) is 1.97. The molecule has 2 aromatic heterocycles. The molecule has 5 rings (SSSR count). The van der Waals surface area contributed by atoms with E-state index in [0.717, 1.165) is 28.3 Å². The van der Waals surface area contributed by atoms with Crippen LogP contribution in [0.15, 0.2) is 42.5 Å². The SMILES string of the molecule is Cc1nnc2c3ccc(Cl)cc3nc(N3CCN(C(=O)c4ccc(F)cc4)CC3)n12. The zero-order valence-electron chi connectivity index (χ0n) is 16.2. The fraction of sp³-hybridized carbons (Fsp3) is 0.238. The minimum atomic E-state index is -0.354. The van der Waals surface area contributed by atoms with Gasteiger partial charge in [0.15, 0.2) is 5.65 Å². The average molecular weight is 425 g/mol. The third-order valence-corrected chi connectivity index (χ3v) is 5.62. The number of fused-ring (bicyclic) bond motifs is 3. The number of carbonyl (C=O) groups is 1. The first-order chi connectivity index (χ1) is 14.5. The third-order valence-electron chi connectivity index (χ3n) is 5.39. The Hall–Kier alpha value is -3.26. The van der Waals surface area contributed by atoms with Crippen LogP contribution in [-0.2, 0) is 0 Å². The second-order valence-electron chi connectivity index (χ2n) is 7.27. The molecule has 0 N–H and O–H groups in total. The summed E-state index contributed by atoms with van der Waals surface area (Å²) in [5.74, 6) is 1.02. The number of hydrogen-bond acceptors (Lipinski definition) is 5. The molecule has 152 valence electrons. The van der Waals surface area contributed by atoms with Crippen molar-refractivity contribution in [3.8, 4) is 0 Å². The molecule has 0 bridgehead atoms. The van der Waals surface area contributed by atoms with E-state index in [1.54, 1.807) is 4.90 Å². The van der Waals surface area contributed by atoms with Crippen LogP contribution in [-0.4, -0.2) is 56.6 Å². The van der Waals surface area contributed by atoms with Gasteiger partial charge in [-0.1, -0.05) is 11.6 Å². The van der Waals surface area contributed by atoms with Gasteiger partial charge in [0.1, 0.15) is 11.6 Å². The van der Waals surface area contributed by atoms with Crippen molar-refractivity contribution in [2.75, 3.05) is 31.1 Å². The summed E-state index contributed by atoms with van der Waals surface area (Å²) >= 11 is 6.17. The van der Waals surface area contributed by atoms with Gasteiger partial charge in [-0.25, -0.2) is 13.8 Å². The van der Waals surface area contributed by atoms with Crippen molar-refractivity contribution in [3.05, 3.63) is 64.7 Å². The predicted molar refractivity (Wildman–Crippen MR) is 113 cm³/mol. The maximum Gasteiger partial charge on any atom is 0.253 e. The van der Waals surface area contributed by atoms with Gasteiger partial charge in [0.2, 0.25) is 5.95 Å². The number of rotatable bonds is 2. The molecule has 4 aromatic rings. The molecule has 0 radical (unpaired) electrons. The maximum absolute atomic E-state index is 13.1. The van der Waals surface area contributed by atoms with Crippen molar-refractivity contribution < 1.29 is 9.18 Å². The lowest BCUT2D eigenvalue weighted by Crippen LogP contribution is -2.49. The summed E-state index contributed by atoms with van der Waals surface area (Å²) in [6, 6.07) is 11.2. The molecule has 1 amide bonds. The van der Waals surface area contributed by atoms with Crippen LogP contribution in [0.2, 0.25) is 5.02 Å². The van der Waals surface area contributed by atoms with Gasteiger partial charge in [0.25, 0.3) is 5.91 Å². The van der Waals surface area contributed by atoms with Crippen LogP contribution >= 0.6 is 11.6 Å². The molecule has 0 aliphatic carbocycles. The summed E-state index contributed by atoms with van der Waals surface area (Å²) in [6.45, 7) is 4.18. The van der Waals surface area contributed by atoms with Crippen LogP contribution in [0.5, 0.6) is 0 Å². The van der Waals surface area contributed by atoms with Gasteiger partial charge < -0.3 is 9.80 Å². The zero-order chi connectivity index (χ0) is 20.8. The van der Waals surface area contributed by atoms with E-state index in [0.29, 0.717) is 36.8 Å². The van der Waals surface area contributed by atoms with E-state index in [2.05, 4.69) is 15.1 Å². The molecule has 1 fully saturated rings. The smallest absolute Gasteiger partial charge is 0.253 e. The molecule has 3 heterocycles. The molecule has 9 heteroatoms. The Morgan fingerprint density at radius 1 is 1.03 bits per heavy atom. The monoisotopic (exact) mass is 424 g/mol. The van der Waals surface area contributed by atoms with Crippen molar-refractivity contribution in [2.45, 2.75) is 6.92 Å². The molecular weight excluding hydrogens is 407 g/mol.